The highest BCUT2D eigenvalue weighted by molar-refractivity contribution is 5.73. The van der Waals surface area contributed by atoms with Gasteiger partial charge in [-0.3, -0.25) is 4.79 Å². The summed E-state index contributed by atoms with van der Waals surface area (Å²) in [5, 5.41) is 9.85. The van der Waals surface area contributed by atoms with E-state index in [1.165, 1.54) is 5.56 Å². The van der Waals surface area contributed by atoms with Crippen molar-refractivity contribution in [3.63, 3.8) is 0 Å². The number of amides is 1. The van der Waals surface area contributed by atoms with Crippen LogP contribution in [-0.4, -0.2) is 11.0 Å². The van der Waals surface area contributed by atoms with Crippen LogP contribution in [0.4, 0.5) is 0 Å². The molecule has 94 valence electrons. The predicted molar refractivity (Wildman–Crippen MR) is 68.5 cm³/mol. The molecule has 0 heterocycles. The average Bonchev–Trinajstić information content (AvgIpc) is 2.35. The van der Waals surface area contributed by atoms with E-state index in [2.05, 4.69) is 13.8 Å². The van der Waals surface area contributed by atoms with Gasteiger partial charge in [0.05, 0.1) is 6.10 Å². The van der Waals surface area contributed by atoms with Crippen molar-refractivity contribution < 1.29 is 9.90 Å². The van der Waals surface area contributed by atoms with Gasteiger partial charge in [0, 0.05) is 6.42 Å². The molecule has 0 aromatic heterocycles. The van der Waals surface area contributed by atoms with Crippen molar-refractivity contribution in [2.75, 3.05) is 0 Å². The van der Waals surface area contributed by atoms with Crippen LogP contribution in [0.1, 0.15) is 56.3 Å². The summed E-state index contributed by atoms with van der Waals surface area (Å²) in [7, 11) is 0. The van der Waals surface area contributed by atoms with Gasteiger partial charge in [0.2, 0.25) is 5.91 Å². The highest BCUT2D eigenvalue weighted by atomic mass is 16.3. The molecule has 3 nitrogen and oxygen atoms in total. The Labute approximate surface area is 103 Å². The lowest BCUT2D eigenvalue weighted by molar-refractivity contribution is -0.118. The summed E-state index contributed by atoms with van der Waals surface area (Å²) in [4.78, 5) is 10.6. The fraction of sp³-hybridized carbons (Fsp3) is 0.500. The van der Waals surface area contributed by atoms with Crippen LogP contribution in [0.2, 0.25) is 0 Å². The third kappa shape index (κ3) is 4.19. The van der Waals surface area contributed by atoms with Crippen LogP contribution >= 0.6 is 0 Å². The maximum absolute atomic E-state index is 10.6. The van der Waals surface area contributed by atoms with E-state index in [1.807, 2.05) is 24.3 Å². The van der Waals surface area contributed by atoms with E-state index in [4.69, 9.17) is 5.73 Å². The number of nitrogens with two attached hydrogens (primary N) is 1. The monoisotopic (exact) mass is 235 g/mol. The van der Waals surface area contributed by atoms with E-state index in [0.717, 1.165) is 12.0 Å². The molecule has 2 atom stereocenters. The van der Waals surface area contributed by atoms with Gasteiger partial charge in [0.25, 0.3) is 0 Å². The SMILES string of the molecule is CCC(C)c1ccc(C(O)CCC(N)=O)cc1. The lowest BCUT2D eigenvalue weighted by Crippen LogP contribution is -2.12. The Morgan fingerprint density at radius 1 is 1.29 bits per heavy atom. The summed E-state index contributed by atoms with van der Waals surface area (Å²) < 4.78 is 0. The molecule has 3 heteroatoms. The summed E-state index contributed by atoms with van der Waals surface area (Å²) in [5.74, 6) is 0.159. The molecule has 2 unspecified atom stereocenters. The zero-order chi connectivity index (χ0) is 12.8. The normalized spacial score (nSPS) is 14.3. The summed E-state index contributed by atoms with van der Waals surface area (Å²) in [6.07, 6.45) is 1.10. The lowest BCUT2D eigenvalue weighted by Gasteiger charge is -2.13. The van der Waals surface area contributed by atoms with Crippen molar-refractivity contribution in [2.24, 2.45) is 5.73 Å². The molecule has 0 aliphatic heterocycles. The average molecular weight is 235 g/mol. The molecule has 1 aromatic rings. The van der Waals surface area contributed by atoms with E-state index in [0.29, 0.717) is 12.3 Å². The summed E-state index contributed by atoms with van der Waals surface area (Å²) in [6.45, 7) is 4.33. The van der Waals surface area contributed by atoms with Crippen molar-refractivity contribution in [2.45, 2.75) is 45.1 Å². The Morgan fingerprint density at radius 2 is 1.82 bits per heavy atom. The Morgan fingerprint density at radius 3 is 2.29 bits per heavy atom. The van der Waals surface area contributed by atoms with Crippen molar-refractivity contribution in [3.05, 3.63) is 35.4 Å². The van der Waals surface area contributed by atoms with Gasteiger partial charge in [-0.15, -0.1) is 0 Å². The minimum Gasteiger partial charge on any atom is -0.388 e. The number of aliphatic hydroxyl groups is 1. The third-order valence-electron chi connectivity index (χ3n) is 3.17. The molecule has 1 rings (SSSR count). The van der Waals surface area contributed by atoms with Gasteiger partial charge in [-0.05, 0) is 29.9 Å². The molecule has 3 N–H and O–H groups in total. The van der Waals surface area contributed by atoms with Crippen molar-refractivity contribution in [1.29, 1.82) is 0 Å². The van der Waals surface area contributed by atoms with E-state index in [-0.39, 0.29) is 12.3 Å². The summed E-state index contributed by atoms with van der Waals surface area (Å²) in [6, 6.07) is 7.92. The number of carbonyl (C=O) groups excluding carboxylic acids is 1. The molecule has 0 spiro atoms. The van der Waals surface area contributed by atoms with Crippen LogP contribution in [0.25, 0.3) is 0 Å². The number of carbonyl (C=O) groups is 1. The van der Waals surface area contributed by atoms with Crippen LogP contribution < -0.4 is 5.73 Å². The topological polar surface area (TPSA) is 63.3 Å². The number of rotatable bonds is 6. The first kappa shape index (κ1) is 13.7. The fourth-order valence-electron chi connectivity index (χ4n) is 1.73. The highest BCUT2D eigenvalue weighted by Gasteiger charge is 2.10. The van der Waals surface area contributed by atoms with Gasteiger partial charge < -0.3 is 10.8 Å². The lowest BCUT2D eigenvalue weighted by atomic mass is 9.96. The molecule has 0 aliphatic rings. The molecule has 17 heavy (non-hydrogen) atoms. The number of aliphatic hydroxyl groups excluding tert-OH is 1. The minimum absolute atomic E-state index is 0.217. The van der Waals surface area contributed by atoms with E-state index in [9.17, 15) is 9.90 Å². The van der Waals surface area contributed by atoms with E-state index < -0.39 is 6.10 Å². The molecular weight excluding hydrogens is 214 g/mol. The second-order valence-electron chi connectivity index (χ2n) is 4.50. The molecule has 0 saturated carbocycles. The molecule has 0 radical (unpaired) electrons. The number of hydrogen-bond acceptors (Lipinski definition) is 2. The zero-order valence-corrected chi connectivity index (χ0v) is 10.5. The Balaban J connectivity index is 2.63. The largest absolute Gasteiger partial charge is 0.388 e. The van der Waals surface area contributed by atoms with Gasteiger partial charge in [0.1, 0.15) is 0 Å². The molecule has 1 aromatic carbocycles. The molecule has 1 amide bonds. The minimum atomic E-state index is -0.603. The van der Waals surface area contributed by atoms with Crippen LogP contribution in [0.3, 0.4) is 0 Å². The number of hydrogen-bond donors (Lipinski definition) is 2. The Bertz CT molecular complexity index is 359. The van der Waals surface area contributed by atoms with Gasteiger partial charge >= 0.3 is 0 Å². The molecule has 0 aliphatic carbocycles. The third-order valence-corrected chi connectivity index (χ3v) is 3.17. The second kappa shape index (κ2) is 6.40. The van der Waals surface area contributed by atoms with Crippen LogP contribution in [0.5, 0.6) is 0 Å². The van der Waals surface area contributed by atoms with E-state index in [1.54, 1.807) is 0 Å². The molecule has 0 bridgehead atoms. The maximum atomic E-state index is 10.6. The molecular formula is C14H21NO2. The Kier molecular flexibility index (Phi) is 5.16. The molecule has 0 fully saturated rings. The first-order chi connectivity index (χ1) is 8.04. The quantitative estimate of drug-likeness (QED) is 0.795. The van der Waals surface area contributed by atoms with Gasteiger partial charge in [-0.1, -0.05) is 38.1 Å². The van der Waals surface area contributed by atoms with Crippen molar-refractivity contribution in [1.82, 2.24) is 0 Å². The van der Waals surface area contributed by atoms with Gasteiger partial charge in [0.15, 0.2) is 0 Å². The van der Waals surface area contributed by atoms with Crippen LogP contribution in [0, 0.1) is 0 Å². The van der Waals surface area contributed by atoms with Crippen molar-refractivity contribution in [3.8, 4) is 0 Å². The maximum Gasteiger partial charge on any atom is 0.217 e. The van der Waals surface area contributed by atoms with Crippen molar-refractivity contribution >= 4 is 5.91 Å². The number of primary amides is 1. The van der Waals surface area contributed by atoms with Crippen LogP contribution in [-0.2, 0) is 4.79 Å². The summed E-state index contributed by atoms with van der Waals surface area (Å²) in [5.41, 5.74) is 7.17. The second-order valence-corrected chi connectivity index (χ2v) is 4.50. The predicted octanol–water partition coefficient (Wildman–Crippen LogP) is 2.50. The zero-order valence-electron chi connectivity index (χ0n) is 10.5. The van der Waals surface area contributed by atoms with Crippen LogP contribution in [0.15, 0.2) is 24.3 Å². The number of benzene rings is 1. The first-order valence-electron chi connectivity index (χ1n) is 6.10. The van der Waals surface area contributed by atoms with E-state index >= 15 is 0 Å². The summed E-state index contributed by atoms with van der Waals surface area (Å²) >= 11 is 0. The van der Waals surface area contributed by atoms with Gasteiger partial charge in [-0.2, -0.15) is 0 Å². The van der Waals surface area contributed by atoms with Gasteiger partial charge in [-0.25, -0.2) is 0 Å². The Hall–Kier alpha value is -1.35. The highest BCUT2D eigenvalue weighted by Crippen LogP contribution is 2.23. The smallest absolute Gasteiger partial charge is 0.217 e. The standard InChI is InChI=1S/C14H21NO2/c1-3-10(2)11-4-6-12(7-5-11)13(16)8-9-14(15)17/h4-7,10,13,16H,3,8-9H2,1-2H3,(H2,15,17). The molecule has 0 saturated heterocycles. The first-order valence-corrected chi connectivity index (χ1v) is 6.10. The fourth-order valence-corrected chi connectivity index (χ4v) is 1.73.